The summed E-state index contributed by atoms with van der Waals surface area (Å²) in [5, 5.41) is 0. The van der Waals surface area contributed by atoms with E-state index in [0.717, 1.165) is 56.1 Å². The summed E-state index contributed by atoms with van der Waals surface area (Å²) < 4.78 is 23.3. The van der Waals surface area contributed by atoms with Gasteiger partial charge in [-0.15, -0.1) is 0 Å². The molecule has 2 atom stereocenters. The molecule has 1 fully saturated rings. The second kappa shape index (κ2) is 16.2. The molecule has 176 valence electrons. The second-order valence-electron chi connectivity index (χ2n) is 9.24. The zero-order valence-electron chi connectivity index (χ0n) is 19.8. The number of hydrogen-bond acceptors (Lipinski definition) is 3. The quantitative estimate of drug-likeness (QED) is 0.110. The van der Waals surface area contributed by atoms with Gasteiger partial charge in [-0.1, -0.05) is 69.8 Å². The molecule has 1 rings (SSSR count). The first kappa shape index (κ1) is 27.6. The molecule has 0 radical (unpaired) electrons. The molecule has 1 heterocycles. The fraction of sp³-hybridized carbons (Fsp3) is 0.833. The lowest BCUT2D eigenvalue weighted by Crippen LogP contribution is -2.37. The van der Waals surface area contributed by atoms with Crippen molar-refractivity contribution in [3.63, 3.8) is 0 Å². The van der Waals surface area contributed by atoms with Gasteiger partial charge in [0.1, 0.15) is 12.6 Å². The van der Waals surface area contributed by atoms with E-state index in [1.165, 1.54) is 44.9 Å². The van der Waals surface area contributed by atoms with E-state index in [2.05, 4.69) is 45.3 Å². The molecule has 1 aliphatic rings. The van der Waals surface area contributed by atoms with Crippen molar-refractivity contribution in [1.82, 2.24) is 0 Å². The Bertz CT molecular complexity index is 533. The number of quaternary nitrogens is 1. The van der Waals surface area contributed by atoms with Gasteiger partial charge in [-0.3, -0.25) is 9.05 Å². The molecule has 2 unspecified atom stereocenters. The maximum atomic E-state index is 12.0. The summed E-state index contributed by atoms with van der Waals surface area (Å²) in [6.45, 7) is 4.27. The highest BCUT2D eigenvalue weighted by atomic mass is 31.2. The Morgan fingerprint density at radius 1 is 0.933 bits per heavy atom. The van der Waals surface area contributed by atoms with E-state index in [4.69, 9.17) is 9.05 Å². The molecule has 0 spiro atoms. The highest BCUT2D eigenvalue weighted by molar-refractivity contribution is 7.47. The van der Waals surface area contributed by atoms with Crippen LogP contribution in [-0.4, -0.2) is 49.3 Å². The normalized spacial score (nSPS) is 21.0. The van der Waals surface area contributed by atoms with Crippen molar-refractivity contribution in [2.75, 3.05) is 33.8 Å². The van der Waals surface area contributed by atoms with Crippen LogP contribution in [0.25, 0.3) is 0 Å². The van der Waals surface area contributed by atoms with Crippen molar-refractivity contribution in [3.05, 3.63) is 24.3 Å². The van der Waals surface area contributed by atoms with E-state index in [1.807, 2.05) is 0 Å². The van der Waals surface area contributed by atoms with Gasteiger partial charge in [0.2, 0.25) is 0 Å². The average Bonchev–Trinajstić information content (AvgIpc) is 3.01. The zero-order valence-corrected chi connectivity index (χ0v) is 20.7. The SMILES string of the molecule is CCCCCC=CCC=CCCCCCCCCOP(=O)(O)OC1CC[N+](C)(C)C1. The summed E-state index contributed by atoms with van der Waals surface area (Å²) in [7, 11) is 0.305. The van der Waals surface area contributed by atoms with Gasteiger partial charge in [-0.25, -0.2) is 4.57 Å². The molecule has 0 aromatic heterocycles. The number of hydrogen-bond donors (Lipinski definition) is 1. The number of nitrogens with zero attached hydrogens (tertiary/aromatic N) is 1. The summed E-state index contributed by atoms with van der Waals surface area (Å²) in [5.41, 5.74) is 0. The molecular formula is C24H47NO4P+. The molecule has 0 saturated carbocycles. The number of unbranched alkanes of at least 4 members (excludes halogenated alkanes) is 9. The van der Waals surface area contributed by atoms with Gasteiger partial charge in [0, 0.05) is 6.42 Å². The Labute approximate surface area is 185 Å². The van der Waals surface area contributed by atoms with Gasteiger partial charge in [-0.05, 0) is 38.5 Å². The molecule has 1 N–H and O–H groups in total. The van der Waals surface area contributed by atoms with Gasteiger partial charge >= 0.3 is 7.82 Å². The van der Waals surface area contributed by atoms with Gasteiger partial charge in [0.15, 0.2) is 0 Å². The van der Waals surface area contributed by atoms with Crippen LogP contribution in [0.1, 0.15) is 90.4 Å². The number of rotatable bonds is 18. The van der Waals surface area contributed by atoms with E-state index < -0.39 is 7.82 Å². The topological polar surface area (TPSA) is 55.8 Å². The van der Waals surface area contributed by atoms with E-state index in [0.29, 0.717) is 6.61 Å². The van der Waals surface area contributed by atoms with Crippen LogP contribution in [0.5, 0.6) is 0 Å². The van der Waals surface area contributed by atoms with Gasteiger partial charge in [0.25, 0.3) is 0 Å². The zero-order chi connectivity index (χ0) is 22.1. The molecular weight excluding hydrogens is 397 g/mol. The first-order valence-corrected chi connectivity index (χ1v) is 13.6. The van der Waals surface area contributed by atoms with E-state index in [-0.39, 0.29) is 6.10 Å². The van der Waals surface area contributed by atoms with Gasteiger partial charge in [-0.2, -0.15) is 0 Å². The molecule has 0 aromatic carbocycles. The van der Waals surface area contributed by atoms with Crippen molar-refractivity contribution < 1.29 is 23.0 Å². The fourth-order valence-electron chi connectivity index (χ4n) is 3.80. The summed E-state index contributed by atoms with van der Waals surface area (Å²) in [5.74, 6) is 0. The third-order valence-electron chi connectivity index (χ3n) is 5.64. The number of likely N-dealkylation sites (N-methyl/N-ethyl adjacent to an activating group) is 1. The van der Waals surface area contributed by atoms with Crippen molar-refractivity contribution >= 4 is 7.82 Å². The summed E-state index contributed by atoms with van der Waals surface area (Å²) >= 11 is 0. The minimum Gasteiger partial charge on any atom is -0.326 e. The van der Waals surface area contributed by atoms with Crippen LogP contribution in [0.2, 0.25) is 0 Å². The Balaban J connectivity index is 1.89. The summed E-state index contributed by atoms with van der Waals surface area (Å²) in [4.78, 5) is 9.86. The molecule has 0 aromatic rings. The predicted molar refractivity (Wildman–Crippen MR) is 126 cm³/mol. The lowest BCUT2D eigenvalue weighted by Gasteiger charge is -2.23. The number of allylic oxidation sites excluding steroid dienone is 4. The maximum Gasteiger partial charge on any atom is 0.472 e. The summed E-state index contributed by atoms with van der Waals surface area (Å²) in [6.07, 6.45) is 23.9. The molecule has 0 aliphatic carbocycles. The van der Waals surface area contributed by atoms with Crippen LogP contribution in [0.3, 0.4) is 0 Å². The predicted octanol–water partition coefficient (Wildman–Crippen LogP) is 6.78. The van der Waals surface area contributed by atoms with Crippen LogP contribution >= 0.6 is 7.82 Å². The van der Waals surface area contributed by atoms with Crippen LogP contribution in [0.4, 0.5) is 0 Å². The molecule has 1 saturated heterocycles. The van der Waals surface area contributed by atoms with Crippen molar-refractivity contribution in [3.8, 4) is 0 Å². The van der Waals surface area contributed by atoms with Crippen LogP contribution < -0.4 is 0 Å². The molecule has 0 bridgehead atoms. The van der Waals surface area contributed by atoms with Crippen LogP contribution in [-0.2, 0) is 13.6 Å². The van der Waals surface area contributed by atoms with E-state index in [1.54, 1.807) is 0 Å². The third-order valence-corrected chi connectivity index (χ3v) is 6.71. The fourth-order valence-corrected chi connectivity index (χ4v) is 4.77. The lowest BCUT2D eigenvalue weighted by molar-refractivity contribution is -0.879. The molecule has 5 nitrogen and oxygen atoms in total. The first-order valence-electron chi connectivity index (χ1n) is 12.1. The minimum atomic E-state index is -3.91. The van der Waals surface area contributed by atoms with Crippen LogP contribution in [0.15, 0.2) is 24.3 Å². The monoisotopic (exact) mass is 444 g/mol. The Morgan fingerprint density at radius 3 is 2.13 bits per heavy atom. The Morgan fingerprint density at radius 2 is 1.53 bits per heavy atom. The van der Waals surface area contributed by atoms with E-state index >= 15 is 0 Å². The highest BCUT2D eigenvalue weighted by Crippen LogP contribution is 2.46. The standard InChI is InChI=1S/C24H46NO4P/c1-4-5-6-7-8-9-10-11-12-13-14-15-16-17-18-19-22-28-30(26,27)29-24-20-21-25(2,3)23-24/h8-9,11-12,24H,4-7,10,13-23H2,1-3H3/p+1. The first-order chi connectivity index (χ1) is 14.3. The van der Waals surface area contributed by atoms with Gasteiger partial charge in [0.05, 0.1) is 27.2 Å². The Kier molecular flexibility index (Phi) is 14.9. The minimum absolute atomic E-state index is 0.174. The van der Waals surface area contributed by atoms with Crippen molar-refractivity contribution in [2.24, 2.45) is 0 Å². The number of likely N-dealkylation sites (tertiary alicyclic amines) is 1. The van der Waals surface area contributed by atoms with Crippen LogP contribution in [0, 0.1) is 0 Å². The average molecular weight is 445 g/mol. The molecule has 30 heavy (non-hydrogen) atoms. The second-order valence-corrected chi connectivity index (χ2v) is 10.7. The third kappa shape index (κ3) is 15.4. The van der Waals surface area contributed by atoms with E-state index in [9.17, 15) is 9.46 Å². The lowest BCUT2D eigenvalue weighted by atomic mass is 10.1. The largest absolute Gasteiger partial charge is 0.472 e. The number of phosphoric ester groups is 1. The van der Waals surface area contributed by atoms with Crippen molar-refractivity contribution in [1.29, 1.82) is 0 Å². The molecule has 0 amide bonds. The van der Waals surface area contributed by atoms with Gasteiger partial charge < -0.3 is 9.38 Å². The van der Waals surface area contributed by atoms with Crippen molar-refractivity contribution in [2.45, 2.75) is 96.5 Å². The molecule has 6 heteroatoms. The summed E-state index contributed by atoms with van der Waals surface area (Å²) in [6, 6.07) is 0. The molecule has 1 aliphatic heterocycles. The number of phosphoric acid groups is 1. The smallest absolute Gasteiger partial charge is 0.326 e. The highest BCUT2D eigenvalue weighted by Gasteiger charge is 2.36. The Hall–Kier alpha value is -0.450. The maximum absolute atomic E-state index is 12.0.